The highest BCUT2D eigenvalue weighted by Gasteiger charge is 2.10. The number of fused-ring (bicyclic) bond motifs is 2. The second kappa shape index (κ2) is 5.31. The van der Waals surface area contributed by atoms with E-state index in [4.69, 9.17) is 4.98 Å². The van der Waals surface area contributed by atoms with Crippen LogP contribution in [0, 0.1) is 0 Å². The Hall–Kier alpha value is -3.02. The van der Waals surface area contributed by atoms with Gasteiger partial charge in [-0.1, -0.05) is 0 Å². The standard InChI is InChI=1S/C17H16N6/c1-11(2)20-17-19-10-16-12(7-9-23(16)22-17)13-5-6-14-15(21-13)4-3-8-18-14/h3-11H,1-2H3,(H,20,22). The van der Waals surface area contributed by atoms with Crippen LogP contribution in [-0.2, 0) is 0 Å². The highest BCUT2D eigenvalue weighted by atomic mass is 15.3. The Balaban J connectivity index is 1.81. The first kappa shape index (κ1) is 13.6. The van der Waals surface area contributed by atoms with Gasteiger partial charge in [0, 0.05) is 24.0 Å². The summed E-state index contributed by atoms with van der Waals surface area (Å²) in [5.74, 6) is 0.616. The Bertz CT molecular complexity index is 989. The predicted octanol–water partition coefficient (Wildman–Crippen LogP) is 3.16. The van der Waals surface area contributed by atoms with Gasteiger partial charge in [0.25, 0.3) is 0 Å². The van der Waals surface area contributed by atoms with E-state index in [9.17, 15) is 0 Å². The molecule has 0 aliphatic rings. The molecular weight excluding hydrogens is 288 g/mol. The molecule has 0 unspecified atom stereocenters. The van der Waals surface area contributed by atoms with Crippen molar-refractivity contribution in [3.8, 4) is 11.3 Å². The zero-order valence-corrected chi connectivity index (χ0v) is 12.9. The van der Waals surface area contributed by atoms with E-state index in [-0.39, 0.29) is 6.04 Å². The van der Waals surface area contributed by atoms with E-state index in [0.29, 0.717) is 5.95 Å². The first-order valence-electron chi connectivity index (χ1n) is 7.54. The van der Waals surface area contributed by atoms with Crippen molar-refractivity contribution in [2.45, 2.75) is 19.9 Å². The van der Waals surface area contributed by atoms with Crippen LogP contribution in [0.15, 0.2) is 48.9 Å². The normalized spacial score (nSPS) is 11.4. The van der Waals surface area contributed by atoms with Crippen LogP contribution >= 0.6 is 0 Å². The minimum atomic E-state index is 0.289. The molecule has 23 heavy (non-hydrogen) atoms. The van der Waals surface area contributed by atoms with Gasteiger partial charge in [0.05, 0.1) is 28.4 Å². The molecule has 4 aromatic heterocycles. The van der Waals surface area contributed by atoms with Crippen molar-refractivity contribution in [1.29, 1.82) is 0 Å². The molecule has 4 rings (SSSR count). The maximum atomic E-state index is 4.69. The van der Waals surface area contributed by atoms with Crippen LogP contribution in [0.3, 0.4) is 0 Å². The van der Waals surface area contributed by atoms with E-state index in [0.717, 1.165) is 27.8 Å². The maximum Gasteiger partial charge on any atom is 0.241 e. The third kappa shape index (κ3) is 2.48. The molecule has 0 spiro atoms. The van der Waals surface area contributed by atoms with Gasteiger partial charge >= 0.3 is 0 Å². The van der Waals surface area contributed by atoms with E-state index in [1.54, 1.807) is 6.20 Å². The predicted molar refractivity (Wildman–Crippen MR) is 90.3 cm³/mol. The number of hydrogen-bond acceptors (Lipinski definition) is 5. The number of nitrogens with one attached hydrogen (secondary N) is 1. The lowest BCUT2D eigenvalue weighted by Gasteiger charge is -2.08. The van der Waals surface area contributed by atoms with Gasteiger partial charge in [-0.15, -0.1) is 5.10 Å². The summed E-state index contributed by atoms with van der Waals surface area (Å²) < 4.78 is 1.82. The fraction of sp³-hybridized carbons (Fsp3) is 0.176. The van der Waals surface area contributed by atoms with Gasteiger partial charge in [-0.25, -0.2) is 14.5 Å². The van der Waals surface area contributed by atoms with Gasteiger partial charge < -0.3 is 5.32 Å². The molecule has 0 bridgehead atoms. The molecule has 0 amide bonds. The summed E-state index contributed by atoms with van der Waals surface area (Å²) in [4.78, 5) is 13.4. The van der Waals surface area contributed by atoms with Crippen LogP contribution in [0.25, 0.3) is 27.8 Å². The van der Waals surface area contributed by atoms with E-state index in [1.807, 2.05) is 47.2 Å². The lowest BCUT2D eigenvalue weighted by atomic mass is 10.1. The van der Waals surface area contributed by atoms with Crippen molar-refractivity contribution in [3.63, 3.8) is 0 Å². The summed E-state index contributed by atoms with van der Waals surface area (Å²) in [6.07, 6.45) is 5.52. The average molecular weight is 304 g/mol. The number of anilines is 1. The molecular formula is C17H16N6. The molecule has 0 atom stereocenters. The highest BCUT2D eigenvalue weighted by Crippen LogP contribution is 2.25. The summed E-state index contributed by atoms with van der Waals surface area (Å²) in [5.41, 5.74) is 4.59. The van der Waals surface area contributed by atoms with Crippen LogP contribution in [0.1, 0.15) is 13.8 Å². The van der Waals surface area contributed by atoms with E-state index in [2.05, 4.69) is 34.2 Å². The summed E-state index contributed by atoms with van der Waals surface area (Å²) in [6, 6.07) is 10.1. The fourth-order valence-electron chi connectivity index (χ4n) is 2.55. The molecule has 0 aliphatic heterocycles. The van der Waals surface area contributed by atoms with E-state index in [1.165, 1.54) is 0 Å². The Morgan fingerprint density at radius 3 is 2.83 bits per heavy atom. The van der Waals surface area contributed by atoms with Crippen LogP contribution in [0.5, 0.6) is 0 Å². The van der Waals surface area contributed by atoms with Crippen molar-refractivity contribution in [2.24, 2.45) is 0 Å². The number of hydrogen-bond donors (Lipinski definition) is 1. The van der Waals surface area contributed by atoms with Gasteiger partial charge in [0.2, 0.25) is 5.95 Å². The number of aromatic nitrogens is 5. The Kier molecular flexibility index (Phi) is 3.15. The summed E-state index contributed by atoms with van der Waals surface area (Å²) in [5, 5.41) is 7.68. The molecule has 0 fully saturated rings. The fourth-order valence-corrected chi connectivity index (χ4v) is 2.55. The first-order chi connectivity index (χ1) is 11.2. The summed E-state index contributed by atoms with van der Waals surface area (Å²) >= 11 is 0. The average Bonchev–Trinajstić information content (AvgIpc) is 2.97. The molecule has 6 heteroatoms. The third-order valence-corrected chi connectivity index (χ3v) is 3.57. The molecule has 0 saturated carbocycles. The molecule has 6 nitrogen and oxygen atoms in total. The molecule has 114 valence electrons. The maximum absolute atomic E-state index is 4.69. The summed E-state index contributed by atoms with van der Waals surface area (Å²) in [7, 11) is 0. The monoisotopic (exact) mass is 304 g/mol. The number of rotatable bonds is 3. The second-order valence-corrected chi connectivity index (χ2v) is 5.68. The Labute approximate surface area is 133 Å². The number of nitrogens with zero attached hydrogens (tertiary/aromatic N) is 5. The molecule has 0 radical (unpaired) electrons. The zero-order chi connectivity index (χ0) is 15.8. The van der Waals surface area contributed by atoms with Crippen LogP contribution in [0.4, 0.5) is 5.95 Å². The molecule has 0 saturated heterocycles. The van der Waals surface area contributed by atoms with E-state index >= 15 is 0 Å². The minimum absolute atomic E-state index is 0.289. The molecule has 0 aromatic carbocycles. The van der Waals surface area contributed by atoms with Crippen LogP contribution in [-0.4, -0.2) is 30.6 Å². The van der Waals surface area contributed by atoms with Gasteiger partial charge in [0.1, 0.15) is 0 Å². The lowest BCUT2D eigenvalue weighted by Crippen LogP contribution is -2.13. The van der Waals surface area contributed by atoms with Gasteiger partial charge in [-0.3, -0.25) is 4.98 Å². The molecule has 1 N–H and O–H groups in total. The van der Waals surface area contributed by atoms with Crippen molar-refractivity contribution >= 4 is 22.5 Å². The van der Waals surface area contributed by atoms with Crippen LogP contribution < -0.4 is 5.32 Å². The molecule has 0 aliphatic carbocycles. The Morgan fingerprint density at radius 1 is 1.04 bits per heavy atom. The van der Waals surface area contributed by atoms with Gasteiger partial charge in [-0.05, 0) is 44.2 Å². The van der Waals surface area contributed by atoms with Crippen LogP contribution in [0.2, 0.25) is 0 Å². The molecule has 4 heterocycles. The van der Waals surface area contributed by atoms with Crippen molar-refractivity contribution in [3.05, 3.63) is 48.9 Å². The minimum Gasteiger partial charge on any atom is -0.351 e. The van der Waals surface area contributed by atoms with Gasteiger partial charge in [0.15, 0.2) is 0 Å². The summed E-state index contributed by atoms with van der Waals surface area (Å²) in [6.45, 7) is 4.11. The van der Waals surface area contributed by atoms with Gasteiger partial charge in [-0.2, -0.15) is 0 Å². The van der Waals surface area contributed by atoms with Crippen molar-refractivity contribution in [1.82, 2.24) is 24.6 Å². The second-order valence-electron chi connectivity index (χ2n) is 5.68. The Morgan fingerprint density at radius 2 is 1.96 bits per heavy atom. The lowest BCUT2D eigenvalue weighted by molar-refractivity contribution is 0.834. The zero-order valence-electron chi connectivity index (χ0n) is 12.9. The highest BCUT2D eigenvalue weighted by molar-refractivity contribution is 5.83. The van der Waals surface area contributed by atoms with Crippen molar-refractivity contribution < 1.29 is 0 Å². The first-order valence-corrected chi connectivity index (χ1v) is 7.54. The van der Waals surface area contributed by atoms with Crippen molar-refractivity contribution in [2.75, 3.05) is 5.32 Å². The topological polar surface area (TPSA) is 68.0 Å². The van der Waals surface area contributed by atoms with E-state index < -0.39 is 0 Å². The SMILES string of the molecule is CC(C)Nc1ncc2c(-c3ccc4ncccc4n3)ccn2n1. The third-order valence-electron chi connectivity index (χ3n) is 3.57. The largest absolute Gasteiger partial charge is 0.351 e. The quantitative estimate of drug-likeness (QED) is 0.629. The number of pyridine rings is 2. The molecule has 4 aromatic rings. The smallest absolute Gasteiger partial charge is 0.241 e.